The molecule has 0 unspecified atom stereocenters. The third kappa shape index (κ3) is 4.83. The zero-order valence-electron chi connectivity index (χ0n) is 21.0. The van der Waals surface area contributed by atoms with Crippen LogP contribution in [0.25, 0.3) is 11.1 Å². The highest BCUT2D eigenvalue weighted by molar-refractivity contribution is 5.86. The van der Waals surface area contributed by atoms with Gasteiger partial charge in [0.05, 0.1) is 6.20 Å². The van der Waals surface area contributed by atoms with Crippen LogP contribution in [0.4, 0.5) is 21.6 Å². The first-order valence-electron chi connectivity index (χ1n) is 13.7. The highest BCUT2D eigenvalue weighted by atomic mass is 19.1. The van der Waals surface area contributed by atoms with E-state index in [1.807, 2.05) is 42.6 Å². The largest absolute Gasteiger partial charge is 0.350 e. The van der Waals surface area contributed by atoms with Gasteiger partial charge in [0, 0.05) is 50.0 Å². The summed E-state index contributed by atoms with van der Waals surface area (Å²) in [6.07, 6.45) is 13.0. The lowest BCUT2D eigenvalue weighted by Gasteiger charge is -2.45. The van der Waals surface area contributed by atoms with Crippen molar-refractivity contribution < 1.29 is 4.39 Å². The van der Waals surface area contributed by atoms with Gasteiger partial charge < -0.3 is 14.7 Å². The lowest BCUT2D eigenvalue weighted by atomic mass is 9.88. The van der Waals surface area contributed by atoms with Crippen LogP contribution in [-0.2, 0) is 0 Å². The molecule has 5 nitrogen and oxygen atoms in total. The smallest absolute Gasteiger partial charge is 0.156 e. The number of likely N-dealkylation sites (tertiary alicyclic amines) is 1. The van der Waals surface area contributed by atoms with E-state index in [1.54, 1.807) is 18.5 Å². The Hall–Kier alpha value is -2.99. The van der Waals surface area contributed by atoms with Crippen molar-refractivity contribution >= 4 is 17.2 Å². The van der Waals surface area contributed by atoms with Crippen molar-refractivity contribution in [2.45, 2.75) is 51.0 Å². The number of nitrogens with zero attached hydrogens (tertiary/aromatic N) is 5. The summed E-state index contributed by atoms with van der Waals surface area (Å²) in [5, 5.41) is 0. The summed E-state index contributed by atoms with van der Waals surface area (Å²) in [4.78, 5) is 16.6. The van der Waals surface area contributed by atoms with Gasteiger partial charge in [0.15, 0.2) is 5.82 Å². The molecule has 0 bridgehead atoms. The van der Waals surface area contributed by atoms with Gasteiger partial charge in [-0.1, -0.05) is 49.6 Å². The zero-order chi connectivity index (χ0) is 24.3. The number of halogens is 1. The standard InChI is InChI=1S/C30H36FN5/c31-25-11-12-28(27(19-25)24-9-5-2-6-10-24)36-18-17-35(30-29(36)20-32-22-33-30)26-13-15-34(16-14-26)21-23-7-3-1-4-8-23/h2,5-6,9-12,19-20,22-23,26H,1,3-4,7-8,13-18,21H2. The molecule has 2 fully saturated rings. The molecule has 6 rings (SSSR count). The second-order valence-electron chi connectivity index (χ2n) is 10.6. The van der Waals surface area contributed by atoms with E-state index in [9.17, 15) is 4.39 Å². The quantitative estimate of drug-likeness (QED) is 0.425. The van der Waals surface area contributed by atoms with E-state index in [2.05, 4.69) is 19.7 Å². The van der Waals surface area contributed by atoms with Crippen LogP contribution >= 0.6 is 0 Å². The van der Waals surface area contributed by atoms with Gasteiger partial charge in [-0.15, -0.1) is 0 Å². The summed E-state index contributed by atoms with van der Waals surface area (Å²) < 4.78 is 14.3. The number of benzene rings is 2. The Morgan fingerprint density at radius 2 is 1.64 bits per heavy atom. The average molecular weight is 486 g/mol. The lowest BCUT2D eigenvalue weighted by Crippen LogP contribution is -2.50. The zero-order valence-corrected chi connectivity index (χ0v) is 21.0. The number of hydrogen-bond donors (Lipinski definition) is 0. The molecular weight excluding hydrogens is 449 g/mol. The normalized spacial score (nSPS) is 19.9. The molecule has 0 spiro atoms. The predicted octanol–water partition coefficient (Wildman–Crippen LogP) is 6.29. The highest BCUT2D eigenvalue weighted by Crippen LogP contribution is 2.42. The molecule has 0 atom stereocenters. The van der Waals surface area contributed by atoms with Gasteiger partial charge in [-0.3, -0.25) is 0 Å². The number of fused-ring (bicyclic) bond motifs is 1. The Kier molecular flexibility index (Phi) is 6.86. The Balaban J connectivity index is 1.22. The fourth-order valence-corrected chi connectivity index (χ4v) is 6.51. The Morgan fingerprint density at radius 1 is 0.833 bits per heavy atom. The number of piperidine rings is 1. The Morgan fingerprint density at radius 3 is 2.44 bits per heavy atom. The lowest BCUT2D eigenvalue weighted by molar-refractivity contribution is 0.162. The summed E-state index contributed by atoms with van der Waals surface area (Å²) >= 11 is 0. The topological polar surface area (TPSA) is 35.5 Å². The number of anilines is 3. The number of hydrogen-bond acceptors (Lipinski definition) is 5. The highest BCUT2D eigenvalue weighted by Gasteiger charge is 2.33. The number of rotatable bonds is 5. The molecule has 1 saturated heterocycles. The minimum atomic E-state index is -0.222. The van der Waals surface area contributed by atoms with E-state index in [4.69, 9.17) is 4.98 Å². The van der Waals surface area contributed by atoms with E-state index >= 15 is 0 Å². The van der Waals surface area contributed by atoms with E-state index < -0.39 is 0 Å². The molecule has 3 heterocycles. The van der Waals surface area contributed by atoms with Gasteiger partial charge in [0.25, 0.3) is 0 Å². The van der Waals surface area contributed by atoms with Crippen LogP contribution in [0.5, 0.6) is 0 Å². The van der Waals surface area contributed by atoms with Crippen LogP contribution < -0.4 is 9.80 Å². The molecule has 3 aliphatic rings. The van der Waals surface area contributed by atoms with Crippen molar-refractivity contribution in [1.82, 2.24) is 14.9 Å². The summed E-state index contributed by atoms with van der Waals surface area (Å²) in [5.41, 5.74) is 3.92. The minimum absolute atomic E-state index is 0.222. The second-order valence-corrected chi connectivity index (χ2v) is 10.6. The van der Waals surface area contributed by atoms with Crippen LogP contribution in [0, 0.1) is 11.7 Å². The third-order valence-corrected chi connectivity index (χ3v) is 8.37. The molecule has 1 aromatic heterocycles. The van der Waals surface area contributed by atoms with E-state index in [0.29, 0.717) is 6.04 Å². The average Bonchev–Trinajstić information content (AvgIpc) is 2.94. The first-order valence-corrected chi connectivity index (χ1v) is 13.7. The van der Waals surface area contributed by atoms with Gasteiger partial charge >= 0.3 is 0 Å². The maximum atomic E-state index is 14.3. The molecule has 36 heavy (non-hydrogen) atoms. The Labute approximate surface area is 214 Å². The van der Waals surface area contributed by atoms with Crippen LogP contribution in [-0.4, -0.2) is 53.6 Å². The minimum Gasteiger partial charge on any atom is -0.350 e. The summed E-state index contributed by atoms with van der Waals surface area (Å²) in [6, 6.07) is 15.7. The molecular formula is C30H36FN5. The van der Waals surface area contributed by atoms with Crippen molar-refractivity contribution in [3.63, 3.8) is 0 Å². The maximum Gasteiger partial charge on any atom is 0.156 e. The summed E-state index contributed by atoms with van der Waals surface area (Å²) in [7, 11) is 0. The SMILES string of the molecule is Fc1ccc(N2CCN(C3CCN(CC4CCCCC4)CC3)c3ncncc32)c(-c2ccccc2)c1. The summed E-state index contributed by atoms with van der Waals surface area (Å²) in [6.45, 7) is 5.37. The fourth-order valence-electron chi connectivity index (χ4n) is 6.51. The molecule has 1 aliphatic carbocycles. The van der Waals surface area contributed by atoms with Crippen LogP contribution in [0.3, 0.4) is 0 Å². The van der Waals surface area contributed by atoms with Crippen molar-refractivity contribution in [2.75, 3.05) is 42.5 Å². The molecule has 2 aromatic carbocycles. The van der Waals surface area contributed by atoms with E-state index in [-0.39, 0.29) is 5.82 Å². The maximum absolute atomic E-state index is 14.3. The molecule has 3 aromatic rings. The molecule has 1 saturated carbocycles. The molecule has 2 aliphatic heterocycles. The van der Waals surface area contributed by atoms with Crippen LogP contribution in [0.1, 0.15) is 44.9 Å². The van der Waals surface area contributed by atoms with Gasteiger partial charge in [-0.05, 0) is 55.4 Å². The first-order chi connectivity index (χ1) is 17.8. The fraction of sp³-hybridized carbons (Fsp3) is 0.467. The second kappa shape index (κ2) is 10.6. The molecule has 0 amide bonds. The third-order valence-electron chi connectivity index (χ3n) is 8.37. The van der Waals surface area contributed by atoms with Gasteiger partial charge in [0.1, 0.15) is 17.8 Å². The van der Waals surface area contributed by atoms with Crippen LogP contribution in [0.15, 0.2) is 61.1 Å². The molecule has 0 radical (unpaired) electrons. The van der Waals surface area contributed by atoms with E-state index in [1.165, 1.54) is 64.6 Å². The Bertz CT molecular complexity index is 1160. The van der Waals surface area contributed by atoms with Gasteiger partial charge in [-0.2, -0.15) is 0 Å². The number of aromatic nitrogens is 2. The molecule has 188 valence electrons. The first kappa shape index (κ1) is 23.4. The van der Waals surface area contributed by atoms with Crippen molar-refractivity contribution in [3.8, 4) is 11.1 Å². The monoisotopic (exact) mass is 485 g/mol. The van der Waals surface area contributed by atoms with Crippen LogP contribution in [0.2, 0.25) is 0 Å². The van der Waals surface area contributed by atoms with Gasteiger partial charge in [-0.25, -0.2) is 14.4 Å². The van der Waals surface area contributed by atoms with Crippen molar-refractivity contribution in [2.24, 2.45) is 5.92 Å². The summed E-state index contributed by atoms with van der Waals surface area (Å²) in [5.74, 6) is 1.69. The molecule has 0 N–H and O–H groups in total. The van der Waals surface area contributed by atoms with Gasteiger partial charge in [0.2, 0.25) is 0 Å². The van der Waals surface area contributed by atoms with E-state index in [0.717, 1.165) is 47.3 Å². The van der Waals surface area contributed by atoms with Crippen molar-refractivity contribution in [1.29, 1.82) is 0 Å². The predicted molar refractivity (Wildman–Crippen MR) is 144 cm³/mol. The molecule has 6 heteroatoms. The van der Waals surface area contributed by atoms with Crippen molar-refractivity contribution in [3.05, 3.63) is 66.9 Å².